The van der Waals surface area contributed by atoms with Crippen molar-refractivity contribution in [1.29, 1.82) is 0 Å². The maximum absolute atomic E-state index is 12.5. The second-order valence-corrected chi connectivity index (χ2v) is 3.48. The Balaban J connectivity index is 2.06. The molecule has 2 rings (SSSR count). The molecule has 2 aromatic rings. The Hall–Kier alpha value is -2.12. The van der Waals surface area contributed by atoms with E-state index in [0.717, 1.165) is 12.3 Å². The first kappa shape index (κ1) is 12.3. The molecule has 0 N–H and O–H groups in total. The van der Waals surface area contributed by atoms with E-state index in [-0.39, 0.29) is 12.4 Å². The van der Waals surface area contributed by atoms with E-state index in [4.69, 9.17) is 4.74 Å². The number of aromatic nitrogens is 3. The summed E-state index contributed by atoms with van der Waals surface area (Å²) in [6.45, 7) is -5.07. The molecule has 0 bridgehead atoms. The fourth-order valence-corrected chi connectivity index (χ4v) is 1.25. The lowest BCUT2D eigenvalue weighted by Gasteiger charge is -2.15. The Kier molecular flexibility index (Phi) is 3.45. The van der Waals surface area contributed by atoms with Gasteiger partial charge in [-0.2, -0.15) is 0 Å². The third-order valence-corrected chi connectivity index (χ3v) is 2.10. The van der Waals surface area contributed by atoms with Crippen molar-refractivity contribution in [2.45, 2.75) is 6.61 Å². The number of pyridine rings is 1. The van der Waals surface area contributed by atoms with Crippen molar-refractivity contribution >= 4 is 12.4 Å². The predicted molar refractivity (Wildman–Crippen MR) is 59.3 cm³/mol. The van der Waals surface area contributed by atoms with Crippen LogP contribution in [0.4, 0.5) is 12.9 Å². The summed E-state index contributed by atoms with van der Waals surface area (Å²) in [7, 11) is 0. The zero-order chi connectivity index (χ0) is 13.0. The van der Waals surface area contributed by atoms with E-state index in [2.05, 4.69) is 15.0 Å². The van der Waals surface area contributed by atoms with Crippen molar-refractivity contribution in [3.05, 3.63) is 42.7 Å². The minimum atomic E-state index is -5.07. The summed E-state index contributed by atoms with van der Waals surface area (Å²) in [5, 5.41) is 0. The number of hydrogen-bond acceptors (Lipinski definition) is 4. The molecule has 0 aliphatic heterocycles. The second-order valence-electron chi connectivity index (χ2n) is 3.48. The molecule has 0 spiro atoms. The lowest BCUT2D eigenvalue weighted by atomic mass is 9.81. The van der Waals surface area contributed by atoms with Gasteiger partial charge in [0.05, 0.1) is 6.20 Å². The normalized spacial score (nSPS) is 11.3. The topological polar surface area (TPSA) is 47.9 Å². The monoisotopic (exact) mass is 254 g/mol. The van der Waals surface area contributed by atoms with Gasteiger partial charge in [0.25, 0.3) is 0 Å². The Bertz CT molecular complexity index is 521. The third kappa shape index (κ3) is 3.19. The predicted octanol–water partition coefficient (Wildman–Crippen LogP) is 1.50. The van der Waals surface area contributed by atoms with E-state index < -0.39 is 12.4 Å². The van der Waals surface area contributed by atoms with Crippen molar-refractivity contribution in [3.63, 3.8) is 0 Å². The van der Waals surface area contributed by atoms with E-state index in [1.807, 2.05) is 0 Å². The molecule has 0 fully saturated rings. The lowest BCUT2D eigenvalue weighted by molar-refractivity contribution is 0.294. The maximum Gasteiger partial charge on any atom is 0.511 e. The molecule has 0 unspecified atom stereocenters. The number of rotatable bonds is 4. The van der Waals surface area contributed by atoms with E-state index in [9.17, 15) is 12.9 Å². The molecule has 0 aliphatic rings. The second kappa shape index (κ2) is 5.03. The summed E-state index contributed by atoms with van der Waals surface area (Å²) in [6.07, 6.45) is 5.04. The third-order valence-electron chi connectivity index (χ3n) is 2.10. The van der Waals surface area contributed by atoms with Crippen LogP contribution in [0, 0.1) is 0 Å². The van der Waals surface area contributed by atoms with Crippen molar-refractivity contribution in [2.24, 2.45) is 0 Å². The van der Waals surface area contributed by atoms with Gasteiger partial charge >= 0.3 is 6.98 Å². The fourth-order valence-electron chi connectivity index (χ4n) is 1.25. The highest BCUT2D eigenvalue weighted by Gasteiger charge is 2.26. The Labute approximate surface area is 101 Å². The number of halogens is 3. The Morgan fingerprint density at radius 3 is 2.50 bits per heavy atom. The van der Waals surface area contributed by atoms with Crippen LogP contribution in [0.2, 0.25) is 0 Å². The average molecular weight is 254 g/mol. The van der Waals surface area contributed by atoms with Crippen LogP contribution in [0.15, 0.2) is 36.9 Å². The molecule has 4 nitrogen and oxygen atoms in total. The first-order valence-corrected chi connectivity index (χ1v) is 5.09. The molecule has 0 radical (unpaired) electrons. The van der Waals surface area contributed by atoms with Gasteiger partial charge in [-0.3, -0.25) is 4.98 Å². The molecule has 0 saturated heterocycles. The first-order chi connectivity index (χ1) is 8.55. The summed E-state index contributed by atoms with van der Waals surface area (Å²) in [5.74, 6) is 0.430. The molecule has 8 heteroatoms. The van der Waals surface area contributed by atoms with Crippen molar-refractivity contribution < 1.29 is 17.7 Å². The number of nitrogens with zero attached hydrogens (tertiary/aromatic N) is 3. The van der Waals surface area contributed by atoms with Crippen LogP contribution in [0.1, 0.15) is 5.82 Å². The molecule has 2 heterocycles. The number of hydrogen-bond donors (Lipinski definition) is 0. The van der Waals surface area contributed by atoms with Crippen molar-refractivity contribution in [1.82, 2.24) is 15.0 Å². The summed E-state index contributed by atoms with van der Waals surface area (Å²) in [6, 6.07) is 2.55. The molecule has 18 heavy (non-hydrogen) atoms. The minimum absolute atomic E-state index is 0.00314. The molecule has 2 aromatic heterocycles. The van der Waals surface area contributed by atoms with Crippen LogP contribution in [0.25, 0.3) is 0 Å². The van der Waals surface area contributed by atoms with Crippen LogP contribution in [0.3, 0.4) is 0 Å². The summed E-state index contributed by atoms with van der Waals surface area (Å²) in [5.41, 5.74) is -0.790. The molecular weight excluding hydrogens is 246 g/mol. The van der Waals surface area contributed by atoms with Crippen LogP contribution >= 0.6 is 0 Å². The maximum atomic E-state index is 12.5. The van der Waals surface area contributed by atoms with Crippen molar-refractivity contribution in [2.75, 3.05) is 0 Å². The average Bonchev–Trinajstić information content (AvgIpc) is 2.37. The highest BCUT2D eigenvalue weighted by Crippen LogP contribution is 2.13. The van der Waals surface area contributed by atoms with Gasteiger partial charge in [-0.1, -0.05) is 5.46 Å². The Morgan fingerprint density at radius 2 is 1.83 bits per heavy atom. The molecule has 0 saturated carbocycles. The van der Waals surface area contributed by atoms with E-state index >= 15 is 0 Å². The van der Waals surface area contributed by atoms with Gasteiger partial charge in [0.15, 0.2) is 5.82 Å². The SMILES string of the molecule is F[B-](F)(F)c1cncc(OCc2ncccn2)c1. The highest BCUT2D eigenvalue weighted by molar-refractivity contribution is 6.73. The van der Waals surface area contributed by atoms with Crippen LogP contribution in [-0.4, -0.2) is 21.9 Å². The molecule has 94 valence electrons. The summed E-state index contributed by atoms with van der Waals surface area (Å²) < 4.78 is 42.6. The standard InChI is InChI=1S/C10H8BF3N3O/c12-11(13,14)8-4-9(6-15-5-8)18-7-10-16-2-1-3-17-10/h1-6H,7H2/q-1. The van der Waals surface area contributed by atoms with Gasteiger partial charge < -0.3 is 17.7 Å². The van der Waals surface area contributed by atoms with Gasteiger partial charge in [0.1, 0.15) is 12.4 Å². The minimum Gasteiger partial charge on any atom is -0.484 e. The number of ether oxygens (including phenoxy) is 1. The van der Waals surface area contributed by atoms with Gasteiger partial charge in [-0.15, -0.1) is 0 Å². The summed E-state index contributed by atoms with van der Waals surface area (Å²) >= 11 is 0. The van der Waals surface area contributed by atoms with E-state index in [1.54, 1.807) is 6.07 Å². The van der Waals surface area contributed by atoms with Gasteiger partial charge in [0.2, 0.25) is 0 Å². The molecule has 0 amide bonds. The van der Waals surface area contributed by atoms with Gasteiger partial charge in [-0.25, -0.2) is 9.97 Å². The zero-order valence-electron chi connectivity index (χ0n) is 9.13. The smallest absolute Gasteiger partial charge is 0.484 e. The lowest BCUT2D eigenvalue weighted by Crippen LogP contribution is -2.34. The van der Waals surface area contributed by atoms with Crippen LogP contribution < -0.4 is 10.2 Å². The van der Waals surface area contributed by atoms with E-state index in [0.29, 0.717) is 5.82 Å². The molecule has 0 aliphatic carbocycles. The van der Waals surface area contributed by atoms with Crippen LogP contribution in [-0.2, 0) is 6.61 Å². The van der Waals surface area contributed by atoms with Crippen LogP contribution in [0.5, 0.6) is 5.75 Å². The largest absolute Gasteiger partial charge is 0.511 e. The van der Waals surface area contributed by atoms with E-state index in [1.165, 1.54) is 18.6 Å². The van der Waals surface area contributed by atoms with Gasteiger partial charge in [-0.05, 0) is 12.1 Å². The Morgan fingerprint density at radius 1 is 1.11 bits per heavy atom. The molecular formula is C10H8BF3N3O-. The van der Waals surface area contributed by atoms with Crippen molar-refractivity contribution in [3.8, 4) is 5.75 Å². The summed E-state index contributed by atoms with van der Waals surface area (Å²) in [4.78, 5) is 11.3. The highest BCUT2D eigenvalue weighted by atomic mass is 19.4. The molecule has 0 atom stereocenters. The zero-order valence-corrected chi connectivity index (χ0v) is 9.13. The first-order valence-electron chi connectivity index (χ1n) is 5.09. The molecule has 0 aromatic carbocycles. The quantitative estimate of drug-likeness (QED) is 0.776. The fraction of sp³-hybridized carbons (Fsp3) is 0.100. The van der Waals surface area contributed by atoms with Gasteiger partial charge in [0, 0.05) is 18.6 Å².